The molecule has 0 bridgehead atoms. The Kier molecular flexibility index (Phi) is 8.34. The molecule has 7 nitrogen and oxygen atoms in total. The Morgan fingerprint density at radius 3 is 2.52 bits per heavy atom. The number of halogens is 2. The van der Waals surface area contributed by atoms with Gasteiger partial charge in [0.15, 0.2) is 0 Å². The predicted molar refractivity (Wildman–Crippen MR) is 111 cm³/mol. The molecule has 1 saturated heterocycles. The average molecular weight is 443 g/mol. The minimum absolute atomic E-state index is 0.191. The molecule has 1 aromatic rings. The van der Waals surface area contributed by atoms with E-state index < -0.39 is 12.0 Å². The van der Waals surface area contributed by atoms with Gasteiger partial charge < -0.3 is 20.1 Å². The largest absolute Gasteiger partial charge is 0.492 e. The Labute approximate surface area is 179 Å². The van der Waals surface area contributed by atoms with E-state index >= 15 is 0 Å². The average Bonchev–Trinajstić information content (AvgIpc) is 2.70. The molecule has 0 saturated carbocycles. The first kappa shape index (κ1) is 23.0. The second kappa shape index (κ2) is 10.5. The SMILES string of the molecule is CCOc1ccc(/C=C/C(=O)N2CCC(C(=O)N[C@@H](C)C(=O)O)CC2)c(Cl)c1Cl. The number of carboxylic acid groups (broad SMARTS) is 1. The van der Waals surface area contributed by atoms with Crippen molar-refractivity contribution in [3.63, 3.8) is 0 Å². The van der Waals surface area contributed by atoms with Crippen molar-refractivity contribution in [3.05, 3.63) is 33.8 Å². The molecule has 1 atom stereocenters. The van der Waals surface area contributed by atoms with Crippen molar-refractivity contribution < 1.29 is 24.2 Å². The lowest BCUT2D eigenvalue weighted by Gasteiger charge is -2.31. The number of aliphatic carboxylic acids is 1. The molecule has 1 aliphatic rings. The quantitative estimate of drug-likeness (QED) is 0.631. The zero-order valence-corrected chi connectivity index (χ0v) is 17.8. The topological polar surface area (TPSA) is 95.9 Å². The van der Waals surface area contributed by atoms with E-state index in [1.165, 1.54) is 13.0 Å². The molecular weight excluding hydrogens is 419 g/mol. The molecule has 158 valence electrons. The van der Waals surface area contributed by atoms with E-state index in [4.69, 9.17) is 33.0 Å². The maximum Gasteiger partial charge on any atom is 0.325 e. The van der Waals surface area contributed by atoms with Gasteiger partial charge in [-0.25, -0.2) is 0 Å². The third kappa shape index (κ3) is 6.11. The van der Waals surface area contributed by atoms with E-state index in [9.17, 15) is 14.4 Å². The lowest BCUT2D eigenvalue weighted by molar-refractivity contribution is -0.142. The van der Waals surface area contributed by atoms with Crippen molar-refractivity contribution in [2.45, 2.75) is 32.7 Å². The van der Waals surface area contributed by atoms with E-state index in [0.717, 1.165) is 0 Å². The number of carbonyl (C=O) groups excluding carboxylic acids is 2. The number of hydrogen-bond donors (Lipinski definition) is 2. The highest BCUT2D eigenvalue weighted by Gasteiger charge is 2.28. The zero-order chi connectivity index (χ0) is 21.6. The summed E-state index contributed by atoms with van der Waals surface area (Å²) in [6, 6.07) is 2.49. The first-order valence-corrected chi connectivity index (χ1v) is 10.1. The fraction of sp³-hybridized carbons (Fsp3) is 0.450. The van der Waals surface area contributed by atoms with Crippen molar-refractivity contribution in [1.82, 2.24) is 10.2 Å². The van der Waals surface area contributed by atoms with Crippen molar-refractivity contribution in [3.8, 4) is 5.75 Å². The third-order valence-electron chi connectivity index (χ3n) is 4.69. The van der Waals surface area contributed by atoms with Gasteiger partial charge in [0.2, 0.25) is 11.8 Å². The Hall–Kier alpha value is -2.25. The van der Waals surface area contributed by atoms with Gasteiger partial charge in [-0.1, -0.05) is 23.2 Å². The number of benzene rings is 1. The second-order valence-corrected chi connectivity index (χ2v) is 7.47. The van der Waals surface area contributed by atoms with Crippen molar-refractivity contribution in [1.29, 1.82) is 0 Å². The number of likely N-dealkylation sites (tertiary alicyclic amines) is 1. The summed E-state index contributed by atoms with van der Waals surface area (Å²) in [5.41, 5.74) is 0.602. The maximum atomic E-state index is 12.4. The minimum Gasteiger partial charge on any atom is -0.492 e. The number of carboxylic acids is 1. The normalized spacial score (nSPS) is 15.9. The molecule has 0 aromatic heterocycles. The van der Waals surface area contributed by atoms with Crippen LogP contribution in [-0.2, 0) is 14.4 Å². The van der Waals surface area contributed by atoms with E-state index in [-0.39, 0.29) is 17.7 Å². The van der Waals surface area contributed by atoms with Gasteiger partial charge in [-0.2, -0.15) is 0 Å². The number of hydrogen-bond acceptors (Lipinski definition) is 4. The molecule has 0 aliphatic carbocycles. The molecule has 1 fully saturated rings. The lowest BCUT2D eigenvalue weighted by Crippen LogP contribution is -2.46. The van der Waals surface area contributed by atoms with Crippen LogP contribution < -0.4 is 10.1 Å². The fourth-order valence-corrected chi connectivity index (χ4v) is 3.41. The van der Waals surface area contributed by atoms with Crippen LogP contribution in [-0.4, -0.2) is 53.5 Å². The molecule has 0 radical (unpaired) electrons. The van der Waals surface area contributed by atoms with Crippen molar-refractivity contribution in [2.75, 3.05) is 19.7 Å². The molecule has 9 heteroatoms. The molecular formula is C20H24Cl2N2O5. The van der Waals surface area contributed by atoms with Crippen LogP contribution in [0.25, 0.3) is 6.08 Å². The standard InChI is InChI=1S/C20H24Cl2N2O5/c1-3-29-15-6-4-13(17(21)18(15)22)5-7-16(25)24-10-8-14(9-11-24)19(26)23-12(2)20(27)28/h4-7,12,14H,3,8-11H2,1-2H3,(H,23,26)(H,27,28)/b7-5+/t12-/m0/s1. The van der Waals surface area contributed by atoms with Crippen molar-refractivity contribution >= 4 is 47.1 Å². The first-order valence-electron chi connectivity index (χ1n) is 9.35. The van der Waals surface area contributed by atoms with Gasteiger partial charge in [0.1, 0.15) is 16.8 Å². The lowest BCUT2D eigenvalue weighted by atomic mass is 9.95. The summed E-state index contributed by atoms with van der Waals surface area (Å²) in [6.07, 6.45) is 3.98. The summed E-state index contributed by atoms with van der Waals surface area (Å²) < 4.78 is 5.38. The second-order valence-electron chi connectivity index (χ2n) is 6.72. The number of ether oxygens (including phenoxy) is 1. The van der Waals surface area contributed by atoms with Gasteiger partial charge in [0.05, 0.1) is 11.6 Å². The van der Waals surface area contributed by atoms with E-state index in [2.05, 4.69) is 5.32 Å². The maximum absolute atomic E-state index is 12.4. The van der Waals surface area contributed by atoms with Crippen LogP contribution in [0.2, 0.25) is 10.0 Å². The number of rotatable bonds is 7. The van der Waals surface area contributed by atoms with Gasteiger partial charge in [-0.05, 0) is 50.5 Å². The number of nitrogens with one attached hydrogen (secondary N) is 1. The van der Waals surface area contributed by atoms with Gasteiger partial charge >= 0.3 is 5.97 Å². The van der Waals surface area contributed by atoms with Crippen LogP contribution in [0, 0.1) is 5.92 Å². The van der Waals surface area contributed by atoms with Crippen LogP contribution in [0.15, 0.2) is 18.2 Å². The minimum atomic E-state index is -1.08. The number of amides is 2. The highest BCUT2D eigenvalue weighted by atomic mass is 35.5. The van der Waals surface area contributed by atoms with Gasteiger partial charge in [-0.15, -0.1) is 0 Å². The van der Waals surface area contributed by atoms with E-state index in [1.54, 1.807) is 23.1 Å². The molecule has 1 aromatic carbocycles. The van der Waals surface area contributed by atoms with Crippen LogP contribution in [0.5, 0.6) is 5.75 Å². The molecule has 0 unspecified atom stereocenters. The van der Waals surface area contributed by atoms with Crippen LogP contribution in [0.1, 0.15) is 32.3 Å². The van der Waals surface area contributed by atoms with Crippen LogP contribution in [0.3, 0.4) is 0 Å². The summed E-state index contributed by atoms with van der Waals surface area (Å²) >= 11 is 12.4. The Morgan fingerprint density at radius 2 is 1.93 bits per heavy atom. The van der Waals surface area contributed by atoms with E-state index in [1.807, 2.05) is 6.92 Å². The number of carbonyl (C=O) groups is 3. The fourth-order valence-electron chi connectivity index (χ4n) is 2.96. The molecule has 0 spiro atoms. The van der Waals surface area contributed by atoms with Crippen molar-refractivity contribution in [2.24, 2.45) is 5.92 Å². The Morgan fingerprint density at radius 1 is 1.28 bits per heavy atom. The molecule has 1 aliphatic heterocycles. The number of nitrogens with zero attached hydrogens (tertiary/aromatic N) is 1. The summed E-state index contributed by atoms with van der Waals surface area (Å²) in [7, 11) is 0. The monoisotopic (exact) mass is 442 g/mol. The molecule has 1 heterocycles. The summed E-state index contributed by atoms with van der Waals surface area (Å²) in [5, 5.41) is 12.0. The van der Waals surface area contributed by atoms with Crippen LogP contribution in [0.4, 0.5) is 0 Å². The predicted octanol–water partition coefficient (Wildman–Crippen LogP) is 3.23. The summed E-state index contributed by atoms with van der Waals surface area (Å²) in [4.78, 5) is 37.0. The molecule has 2 N–H and O–H groups in total. The highest BCUT2D eigenvalue weighted by Crippen LogP contribution is 2.35. The summed E-state index contributed by atoms with van der Waals surface area (Å²) in [6.45, 7) is 4.56. The Balaban J connectivity index is 1.92. The van der Waals surface area contributed by atoms with Gasteiger partial charge in [0.25, 0.3) is 0 Å². The Bertz CT molecular complexity index is 804. The molecule has 29 heavy (non-hydrogen) atoms. The van der Waals surface area contributed by atoms with E-state index in [0.29, 0.717) is 53.9 Å². The van der Waals surface area contributed by atoms with Gasteiger partial charge in [0, 0.05) is 25.1 Å². The zero-order valence-electron chi connectivity index (χ0n) is 16.3. The smallest absolute Gasteiger partial charge is 0.325 e. The summed E-state index contributed by atoms with van der Waals surface area (Å²) in [5.74, 6) is -1.38. The number of piperidine rings is 1. The van der Waals surface area contributed by atoms with Crippen LogP contribution >= 0.6 is 23.2 Å². The first-order chi connectivity index (χ1) is 13.7. The van der Waals surface area contributed by atoms with Gasteiger partial charge in [-0.3, -0.25) is 14.4 Å². The molecule has 2 amide bonds. The molecule has 2 rings (SSSR count). The highest BCUT2D eigenvalue weighted by molar-refractivity contribution is 6.43. The third-order valence-corrected chi connectivity index (χ3v) is 5.57.